The molecule has 0 aromatic heterocycles. The molecule has 0 bridgehead atoms. The van der Waals surface area contributed by atoms with E-state index in [4.69, 9.17) is 18.9 Å². The van der Waals surface area contributed by atoms with Crippen molar-refractivity contribution in [1.29, 1.82) is 0 Å². The fourth-order valence-corrected chi connectivity index (χ4v) is 8.02. The number of unbranched alkanes of at least 4 members (excludes halogenated alkanes) is 26. The van der Waals surface area contributed by atoms with Crippen molar-refractivity contribution >= 4 is 17.9 Å². The zero-order valence-corrected chi connectivity index (χ0v) is 46.6. The molecular formula is C62H110NO8+. The highest BCUT2D eigenvalue weighted by molar-refractivity contribution is 5.71. The van der Waals surface area contributed by atoms with Crippen molar-refractivity contribution in [3.05, 3.63) is 72.9 Å². The van der Waals surface area contributed by atoms with E-state index in [1.54, 1.807) is 0 Å². The minimum absolute atomic E-state index is 0.183. The fourth-order valence-electron chi connectivity index (χ4n) is 8.02. The maximum atomic E-state index is 12.9. The predicted octanol–water partition coefficient (Wildman–Crippen LogP) is 17.0. The zero-order chi connectivity index (χ0) is 52.0. The number of allylic oxidation sites excluding steroid dienone is 12. The first-order chi connectivity index (χ1) is 34.6. The molecule has 0 fully saturated rings. The number of rotatable bonds is 53. The minimum Gasteiger partial charge on any atom is -0.477 e. The van der Waals surface area contributed by atoms with Gasteiger partial charge in [-0.15, -0.1) is 0 Å². The van der Waals surface area contributed by atoms with E-state index in [1.807, 2.05) is 21.1 Å². The van der Waals surface area contributed by atoms with Crippen LogP contribution in [-0.4, -0.2) is 87.4 Å². The number of likely N-dealkylation sites (N-methyl/N-ethyl adjacent to an activating group) is 1. The Kier molecular flexibility index (Phi) is 50.6. The van der Waals surface area contributed by atoms with E-state index in [2.05, 4.69) is 86.8 Å². The number of carbonyl (C=O) groups is 3. The van der Waals surface area contributed by atoms with Gasteiger partial charge in [0.1, 0.15) is 13.2 Å². The highest BCUT2D eigenvalue weighted by Crippen LogP contribution is 2.16. The summed E-state index contributed by atoms with van der Waals surface area (Å²) < 4.78 is 22.9. The Hall–Kier alpha value is -3.27. The Balaban J connectivity index is 4.23. The van der Waals surface area contributed by atoms with Gasteiger partial charge in [-0.25, -0.2) is 4.79 Å². The van der Waals surface area contributed by atoms with Crippen LogP contribution in [0, 0.1) is 0 Å². The number of esters is 2. The predicted molar refractivity (Wildman–Crippen MR) is 299 cm³/mol. The number of nitrogens with zero attached hydrogens (tertiary/aromatic N) is 1. The van der Waals surface area contributed by atoms with E-state index in [0.29, 0.717) is 23.9 Å². The molecule has 0 aliphatic heterocycles. The second-order valence-electron chi connectivity index (χ2n) is 20.6. The Morgan fingerprint density at radius 2 is 0.803 bits per heavy atom. The molecule has 2 unspecified atom stereocenters. The smallest absolute Gasteiger partial charge is 0.361 e. The number of aliphatic carboxylic acids is 1. The van der Waals surface area contributed by atoms with Gasteiger partial charge < -0.3 is 28.5 Å². The van der Waals surface area contributed by atoms with Crippen molar-refractivity contribution in [1.82, 2.24) is 0 Å². The third-order valence-corrected chi connectivity index (χ3v) is 12.5. The summed E-state index contributed by atoms with van der Waals surface area (Å²) >= 11 is 0. The molecule has 9 heteroatoms. The summed E-state index contributed by atoms with van der Waals surface area (Å²) in [5.74, 6) is -2.00. The first-order valence-electron chi connectivity index (χ1n) is 29.1. The lowest BCUT2D eigenvalue weighted by molar-refractivity contribution is -0.870. The van der Waals surface area contributed by atoms with Crippen LogP contribution in [0.15, 0.2) is 72.9 Å². The second kappa shape index (κ2) is 53.0. The van der Waals surface area contributed by atoms with Gasteiger partial charge in [0.2, 0.25) is 0 Å². The fraction of sp³-hybridized carbons (Fsp3) is 0.758. The standard InChI is InChI=1S/C62H109NO8/c1-6-8-10-12-14-16-18-20-22-24-25-26-27-28-29-30-31-32-33-34-35-37-39-41-43-45-47-49-51-53-60(65)71-58(57-70-62(61(66)67)68-55-54-63(3,4)5)56-69-59(64)52-50-48-46-44-42-40-38-36-23-21-19-17-15-13-11-9-7-2/h8,10,14,16,20,22,25-26,28-29,31-32,58,62H,6-7,9,11-13,15,17-19,21,23-24,27,30,33-57H2,1-5H3/p+1/b10-8-,16-14-,22-20-,26-25-,29-28-,32-31-. The topological polar surface area (TPSA) is 108 Å². The van der Waals surface area contributed by atoms with Crippen molar-refractivity contribution in [2.45, 2.75) is 257 Å². The largest absolute Gasteiger partial charge is 0.477 e. The van der Waals surface area contributed by atoms with E-state index in [9.17, 15) is 19.5 Å². The van der Waals surface area contributed by atoms with Crippen LogP contribution in [0.3, 0.4) is 0 Å². The van der Waals surface area contributed by atoms with E-state index >= 15 is 0 Å². The normalized spacial score (nSPS) is 13.3. The quantitative estimate of drug-likeness (QED) is 0.0211. The summed E-state index contributed by atoms with van der Waals surface area (Å²) in [5.41, 5.74) is 0. The van der Waals surface area contributed by atoms with Gasteiger partial charge in [-0.1, -0.05) is 241 Å². The summed E-state index contributed by atoms with van der Waals surface area (Å²) in [6.07, 6.45) is 65.4. The number of quaternary nitrogens is 1. The average molecular weight is 998 g/mol. The minimum atomic E-state index is -1.51. The molecule has 2 atom stereocenters. The molecule has 0 saturated carbocycles. The van der Waals surface area contributed by atoms with Gasteiger partial charge in [0.15, 0.2) is 6.10 Å². The number of hydrogen-bond acceptors (Lipinski definition) is 7. The molecule has 0 spiro atoms. The Bertz CT molecular complexity index is 1390. The van der Waals surface area contributed by atoms with Crippen LogP contribution in [0.2, 0.25) is 0 Å². The molecule has 0 heterocycles. The van der Waals surface area contributed by atoms with Gasteiger partial charge >= 0.3 is 17.9 Å². The van der Waals surface area contributed by atoms with E-state index in [1.165, 1.54) is 128 Å². The lowest BCUT2D eigenvalue weighted by Crippen LogP contribution is -2.40. The summed E-state index contributed by atoms with van der Waals surface area (Å²) in [6.45, 7) is 4.78. The van der Waals surface area contributed by atoms with Crippen LogP contribution in [0.4, 0.5) is 0 Å². The number of carbonyl (C=O) groups excluding carboxylic acids is 2. The molecule has 0 aliphatic carbocycles. The van der Waals surface area contributed by atoms with Crippen LogP contribution < -0.4 is 0 Å². The third-order valence-electron chi connectivity index (χ3n) is 12.5. The van der Waals surface area contributed by atoms with Gasteiger partial charge in [-0.3, -0.25) is 9.59 Å². The molecule has 71 heavy (non-hydrogen) atoms. The van der Waals surface area contributed by atoms with Crippen LogP contribution >= 0.6 is 0 Å². The van der Waals surface area contributed by atoms with Crippen LogP contribution in [0.5, 0.6) is 0 Å². The molecule has 9 nitrogen and oxygen atoms in total. The molecule has 410 valence electrons. The van der Waals surface area contributed by atoms with Gasteiger partial charge in [0.25, 0.3) is 6.29 Å². The third kappa shape index (κ3) is 54.3. The molecule has 0 aromatic carbocycles. The molecule has 0 aromatic rings. The van der Waals surface area contributed by atoms with Crippen molar-refractivity contribution in [2.75, 3.05) is 47.5 Å². The lowest BCUT2D eigenvalue weighted by Gasteiger charge is -2.25. The van der Waals surface area contributed by atoms with Crippen molar-refractivity contribution in [3.63, 3.8) is 0 Å². The van der Waals surface area contributed by atoms with Gasteiger partial charge in [0.05, 0.1) is 34.4 Å². The Morgan fingerprint density at radius 1 is 0.437 bits per heavy atom. The summed E-state index contributed by atoms with van der Waals surface area (Å²) in [5, 5.41) is 9.70. The summed E-state index contributed by atoms with van der Waals surface area (Å²) in [7, 11) is 5.97. The van der Waals surface area contributed by atoms with Crippen LogP contribution in [0.25, 0.3) is 0 Å². The van der Waals surface area contributed by atoms with Crippen LogP contribution in [-0.2, 0) is 33.3 Å². The average Bonchev–Trinajstić information content (AvgIpc) is 3.34. The zero-order valence-electron chi connectivity index (χ0n) is 46.6. The molecule has 0 rings (SSSR count). The van der Waals surface area contributed by atoms with Gasteiger partial charge in [-0.05, 0) is 64.2 Å². The van der Waals surface area contributed by atoms with Crippen molar-refractivity contribution < 1.29 is 42.9 Å². The molecule has 0 amide bonds. The Morgan fingerprint density at radius 3 is 1.20 bits per heavy atom. The SMILES string of the molecule is CC/C=C\C/C=C\C/C=C\C/C=C\C/C=C\C/C=C\CCCCCCCCCCCCC(=O)OC(COC(=O)CCCCCCCCCCCCCCCCCCC)COC(OCC[N+](C)(C)C)C(=O)O. The first-order valence-corrected chi connectivity index (χ1v) is 29.1. The highest BCUT2D eigenvalue weighted by Gasteiger charge is 2.25. The number of carboxylic acid groups (broad SMARTS) is 1. The monoisotopic (exact) mass is 997 g/mol. The molecule has 0 aliphatic rings. The molecule has 0 saturated heterocycles. The van der Waals surface area contributed by atoms with Crippen LogP contribution in [0.1, 0.15) is 245 Å². The van der Waals surface area contributed by atoms with Crippen molar-refractivity contribution in [3.8, 4) is 0 Å². The molecule has 0 radical (unpaired) electrons. The van der Waals surface area contributed by atoms with Gasteiger partial charge in [0, 0.05) is 12.8 Å². The van der Waals surface area contributed by atoms with E-state index in [0.717, 1.165) is 83.5 Å². The first kappa shape index (κ1) is 67.7. The molecule has 1 N–H and O–H groups in total. The van der Waals surface area contributed by atoms with E-state index < -0.39 is 24.3 Å². The maximum absolute atomic E-state index is 12.9. The van der Waals surface area contributed by atoms with Gasteiger partial charge in [-0.2, -0.15) is 0 Å². The maximum Gasteiger partial charge on any atom is 0.361 e. The van der Waals surface area contributed by atoms with Crippen molar-refractivity contribution in [2.24, 2.45) is 0 Å². The second-order valence-corrected chi connectivity index (χ2v) is 20.6. The van der Waals surface area contributed by atoms with E-state index in [-0.39, 0.29) is 32.2 Å². The highest BCUT2D eigenvalue weighted by atomic mass is 16.7. The molecular weight excluding hydrogens is 887 g/mol. The summed E-state index contributed by atoms with van der Waals surface area (Å²) in [4.78, 5) is 37.4. The summed E-state index contributed by atoms with van der Waals surface area (Å²) in [6, 6.07) is 0. The lowest BCUT2D eigenvalue weighted by atomic mass is 10.0. The number of carboxylic acids is 1. The Labute approximate surface area is 437 Å². The number of ether oxygens (including phenoxy) is 4. The number of hydrogen-bond donors (Lipinski definition) is 1.